The lowest BCUT2D eigenvalue weighted by molar-refractivity contribution is -0.116. The summed E-state index contributed by atoms with van der Waals surface area (Å²) in [5.41, 5.74) is 4.12. The number of hydrogen-bond acceptors (Lipinski definition) is 4. The van der Waals surface area contributed by atoms with Crippen LogP contribution in [0.2, 0.25) is 0 Å². The Bertz CT molecular complexity index is 993. The summed E-state index contributed by atoms with van der Waals surface area (Å²) in [6.45, 7) is 2.99. The van der Waals surface area contributed by atoms with Crippen LogP contribution in [0.5, 0.6) is 0 Å². The van der Waals surface area contributed by atoms with E-state index in [-0.39, 0.29) is 11.8 Å². The van der Waals surface area contributed by atoms with Crippen LogP contribution >= 0.6 is 0 Å². The average Bonchev–Trinajstić information content (AvgIpc) is 3.66. The fourth-order valence-electron chi connectivity index (χ4n) is 3.96. The molecule has 0 aromatic heterocycles. The van der Waals surface area contributed by atoms with E-state index in [1.807, 2.05) is 19.1 Å². The summed E-state index contributed by atoms with van der Waals surface area (Å²) in [6, 6.07) is 15.7. The number of hydrogen-bond donors (Lipinski definition) is 2. The van der Waals surface area contributed by atoms with E-state index in [1.54, 1.807) is 24.3 Å². The molecule has 2 amide bonds. The normalized spacial score (nSPS) is 22.8. The summed E-state index contributed by atoms with van der Waals surface area (Å²) in [4.78, 5) is 24.5. The van der Waals surface area contributed by atoms with Crippen molar-refractivity contribution < 1.29 is 9.59 Å². The van der Waals surface area contributed by atoms with Crippen molar-refractivity contribution in [1.29, 1.82) is 0 Å². The molecule has 6 heteroatoms. The zero-order chi connectivity index (χ0) is 20.7. The fourth-order valence-corrected chi connectivity index (χ4v) is 3.96. The van der Waals surface area contributed by atoms with E-state index in [0.717, 1.165) is 23.9 Å². The van der Waals surface area contributed by atoms with Crippen molar-refractivity contribution in [3.63, 3.8) is 0 Å². The van der Waals surface area contributed by atoms with E-state index in [4.69, 9.17) is 0 Å². The number of nitrogens with zero attached hydrogens (tertiary/aromatic N) is 2. The lowest BCUT2D eigenvalue weighted by atomic mass is 10.1. The smallest absolute Gasteiger partial charge is 0.255 e. The fraction of sp³-hybridized carbons (Fsp3) is 0.375. The van der Waals surface area contributed by atoms with Gasteiger partial charge in [-0.25, -0.2) is 5.01 Å². The van der Waals surface area contributed by atoms with Gasteiger partial charge in [-0.2, -0.15) is 5.10 Å². The molecule has 0 radical (unpaired) electrons. The van der Waals surface area contributed by atoms with Gasteiger partial charge in [-0.05, 0) is 80.6 Å². The Hall–Kier alpha value is -2.99. The van der Waals surface area contributed by atoms with E-state index in [0.29, 0.717) is 29.6 Å². The van der Waals surface area contributed by atoms with Crippen LogP contribution in [0.3, 0.4) is 0 Å². The average molecular weight is 402 g/mol. The molecule has 0 bridgehead atoms. The number of benzene rings is 2. The van der Waals surface area contributed by atoms with Crippen LogP contribution < -0.4 is 15.6 Å². The topological polar surface area (TPSA) is 73.8 Å². The van der Waals surface area contributed by atoms with Crippen LogP contribution in [-0.4, -0.2) is 30.1 Å². The molecule has 2 fully saturated rings. The van der Waals surface area contributed by atoms with Gasteiger partial charge in [0.2, 0.25) is 0 Å². The number of carbonyl (C=O) groups excluding carboxylic acids is 2. The predicted octanol–water partition coefficient (Wildman–Crippen LogP) is 3.91. The first-order chi connectivity index (χ1) is 14.6. The van der Waals surface area contributed by atoms with Gasteiger partial charge >= 0.3 is 0 Å². The summed E-state index contributed by atoms with van der Waals surface area (Å²) in [5, 5.41) is 12.2. The highest BCUT2D eigenvalue weighted by molar-refractivity contribution is 6.12. The van der Waals surface area contributed by atoms with Crippen molar-refractivity contribution in [3.8, 4) is 0 Å². The zero-order valence-corrected chi connectivity index (χ0v) is 17.1. The number of anilines is 2. The first-order valence-electron chi connectivity index (χ1n) is 10.7. The minimum Gasteiger partial charge on any atom is -0.322 e. The predicted molar refractivity (Wildman–Crippen MR) is 118 cm³/mol. The highest BCUT2D eigenvalue weighted by Gasteiger charge is 2.38. The third kappa shape index (κ3) is 4.14. The van der Waals surface area contributed by atoms with E-state index in [1.165, 1.54) is 29.8 Å². The van der Waals surface area contributed by atoms with Crippen molar-refractivity contribution in [3.05, 3.63) is 59.7 Å². The molecule has 30 heavy (non-hydrogen) atoms. The molecule has 2 N–H and O–H groups in total. The van der Waals surface area contributed by atoms with Crippen LogP contribution in [0.15, 0.2) is 53.6 Å². The Morgan fingerprint density at radius 2 is 1.83 bits per heavy atom. The Morgan fingerprint density at radius 3 is 2.47 bits per heavy atom. The molecule has 6 nitrogen and oxygen atoms in total. The number of hydrazone groups is 1. The second-order valence-electron chi connectivity index (χ2n) is 8.64. The van der Waals surface area contributed by atoms with Crippen LogP contribution in [0.25, 0.3) is 0 Å². The molecule has 5 rings (SSSR count). The summed E-state index contributed by atoms with van der Waals surface area (Å²) in [7, 11) is 0. The summed E-state index contributed by atoms with van der Waals surface area (Å²) >= 11 is 0. The van der Waals surface area contributed by atoms with Crippen molar-refractivity contribution >= 4 is 28.9 Å². The van der Waals surface area contributed by atoms with E-state index in [2.05, 4.69) is 27.9 Å². The third-order valence-corrected chi connectivity index (χ3v) is 6.04. The molecule has 2 aromatic carbocycles. The van der Waals surface area contributed by atoms with Crippen LogP contribution in [0.4, 0.5) is 11.4 Å². The summed E-state index contributed by atoms with van der Waals surface area (Å²) in [6.07, 6.45) is 4.31. The molecular formula is C24H26N4O2. The van der Waals surface area contributed by atoms with Crippen molar-refractivity contribution in [2.45, 2.75) is 44.6 Å². The zero-order valence-electron chi connectivity index (χ0n) is 17.1. The van der Waals surface area contributed by atoms with Crippen LogP contribution in [-0.2, 0) is 4.79 Å². The minimum absolute atomic E-state index is 0.0505. The van der Waals surface area contributed by atoms with Gasteiger partial charge in [0, 0.05) is 28.9 Å². The van der Waals surface area contributed by atoms with Gasteiger partial charge in [0.05, 0.1) is 12.1 Å². The molecule has 1 heterocycles. The number of nitrogens with one attached hydrogen (secondary N) is 2. The van der Waals surface area contributed by atoms with Gasteiger partial charge in [-0.3, -0.25) is 9.59 Å². The Morgan fingerprint density at radius 1 is 1.10 bits per heavy atom. The van der Waals surface area contributed by atoms with Gasteiger partial charge in [-0.15, -0.1) is 0 Å². The first kappa shape index (κ1) is 19.0. The van der Waals surface area contributed by atoms with E-state index in [9.17, 15) is 9.59 Å². The molecule has 2 saturated carbocycles. The maximum absolute atomic E-state index is 12.6. The molecule has 2 aromatic rings. The van der Waals surface area contributed by atoms with Crippen molar-refractivity contribution in [2.75, 3.05) is 16.9 Å². The number of rotatable bonds is 7. The SMILES string of the molecule is CC1=NN(c2ccc(C(=O)Nc3ccc([C@@H]4C[C@H]4NCC4CC4)cc3)cc2)C(=O)C1. The molecule has 2 atom stereocenters. The highest BCUT2D eigenvalue weighted by Crippen LogP contribution is 2.42. The number of carbonyl (C=O) groups is 2. The maximum Gasteiger partial charge on any atom is 0.255 e. The van der Waals surface area contributed by atoms with Gasteiger partial charge in [0.1, 0.15) is 0 Å². The van der Waals surface area contributed by atoms with Crippen molar-refractivity contribution in [1.82, 2.24) is 5.32 Å². The maximum atomic E-state index is 12.6. The lowest BCUT2D eigenvalue weighted by Gasteiger charge is -2.12. The van der Waals surface area contributed by atoms with Gasteiger partial charge in [0.25, 0.3) is 11.8 Å². The largest absolute Gasteiger partial charge is 0.322 e. The Balaban J connectivity index is 1.17. The molecule has 1 aliphatic heterocycles. The molecule has 0 unspecified atom stereocenters. The van der Waals surface area contributed by atoms with Gasteiger partial charge < -0.3 is 10.6 Å². The summed E-state index contributed by atoms with van der Waals surface area (Å²) in [5.74, 6) is 1.29. The summed E-state index contributed by atoms with van der Waals surface area (Å²) < 4.78 is 0. The quantitative estimate of drug-likeness (QED) is 0.738. The lowest BCUT2D eigenvalue weighted by Crippen LogP contribution is -2.20. The minimum atomic E-state index is -0.169. The Kier molecular flexibility index (Phi) is 4.87. The van der Waals surface area contributed by atoms with Gasteiger partial charge in [0.15, 0.2) is 0 Å². The molecule has 0 saturated heterocycles. The monoisotopic (exact) mass is 402 g/mol. The molecular weight excluding hydrogens is 376 g/mol. The molecule has 0 spiro atoms. The highest BCUT2D eigenvalue weighted by atomic mass is 16.2. The number of amides is 2. The molecule has 2 aliphatic carbocycles. The first-order valence-corrected chi connectivity index (χ1v) is 10.7. The molecule has 154 valence electrons. The van der Waals surface area contributed by atoms with Crippen LogP contribution in [0.1, 0.15) is 54.4 Å². The second kappa shape index (κ2) is 7.69. The Labute approximate surface area is 176 Å². The van der Waals surface area contributed by atoms with E-state index >= 15 is 0 Å². The van der Waals surface area contributed by atoms with Crippen molar-refractivity contribution in [2.24, 2.45) is 11.0 Å². The van der Waals surface area contributed by atoms with E-state index < -0.39 is 0 Å². The molecule has 3 aliphatic rings. The second-order valence-corrected chi connectivity index (χ2v) is 8.64. The standard InChI is InChI=1S/C24H26N4O2/c1-15-12-23(29)28(27-15)20-10-6-18(7-11-20)24(30)26-19-8-4-17(5-9-19)21-13-22(21)25-14-16-2-3-16/h4-11,16,21-22,25H,2-3,12-14H2,1H3,(H,26,30)/t21-,22+/m0/s1. The van der Waals surface area contributed by atoms with Crippen LogP contribution in [0, 0.1) is 5.92 Å². The van der Waals surface area contributed by atoms with Gasteiger partial charge in [-0.1, -0.05) is 12.1 Å². The third-order valence-electron chi connectivity index (χ3n) is 6.04.